The molecule has 0 spiro atoms. The van der Waals surface area contributed by atoms with E-state index in [9.17, 15) is 4.79 Å². The van der Waals surface area contributed by atoms with E-state index in [1.807, 2.05) is 60.7 Å². The largest absolute Gasteiger partial charge is 0.488 e. The fourth-order valence-corrected chi connectivity index (χ4v) is 5.80. The van der Waals surface area contributed by atoms with Crippen LogP contribution in [-0.4, -0.2) is 15.9 Å². The minimum atomic E-state index is -0.137. The van der Waals surface area contributed by atoms with Gasteiger partial charge in [0.2, 0.25) is 0 Å². The highest BCUT2D eigenvalue weighted by atomic mass is 127. The van der Waals surface area contributed by atoms with Crippen molar-refractivity contribution in [3.05, 3.63) is 100 Å². The first kappa shape index (κ1) is 25.6. The monoisotopic (exact) mass is 719 g/mol. The van der Waals surface area contributed by atoms with Gasteiger partial charge in [0.25, 0.3) is 5.56 Å². The lowest BCUT2D eigenvalue weighted by Gasteiger charge is -2.22. The van der Waals surface area contributed by atoms with Gasteiger partial charge in [0.1, 0.15) is 18.2 Å². The van der Waals surface area contributed by atoms with Crippen molar-refractivity contribution in [2.45, 2.75) is 44.6 Å². The molecular formula is C28H24Br2IN3O2. The molecule has 5 nitrogen and oxygen atoms in total. The summed E-state index contributed by atoms with van der Waals surface area (Å²) < 4.78 is 10.4. The Morgan fingerprint density at radius 1 is 1.00 bits per heavy atom. The summed E-state index contributed by atoms with van der Waals surface area (Å²) in [6, 6.07) is 19.7. The first-order chi connectivity index (χ1) is 17.5. The van der Waals surface area contributed by atoms with Crippen molar-refractivity contribution in [2.75, 3.05) is 0 Å². The van der Waals surface area contributed by atoms with Crippen molar-refractivity contribution < 1.29 is 4.74 Å². The molecule has 0 radical (unpaired) electrons. The number of ether oxygens (including phenoxy) is 1. The fraction of sp³-hybridized carbons (Fsp3) is 0.250. The normalized spacial score (nSPS) is 14.5. The van der Waals surface area contributed by atoms with Gasteiger partial charge in [-0.05, 0) is 95.1 Å². The van der Waals surface area contributed by atoms with Crippen LogP contribution < -0.4 is 10.3 Å². The van der Waals surface area contributed by atoms with Crippen LogP contribution in [0.1, 0.15) is 55.0 Å². The number of benzene rings is 3. The van der Waals surface area contributed by atoms with Gasteiger partial charge in [-0.2, -0.15) is 9.78 Å². The van der Waals surface area contributed by atoms with Crippen molar-refractivity contribution in [3.63, 3.8) is 0 Å². The molecule has 1 aliphatic carbocycles. The van der Waals surface area contributed by atoms with Crippen molar-refractivity contribution in [2.24, 2.45) is 5.10 Å². The molecule has 0 saturated heterocycles. The predicted octanol–water partition coefficient (Wildman–Crippen LogP) is 8.04. The van der Waals surface area contributed by atoms with Crippen LogP contribution in [0.5, 0.6) is 5.75 Å². The molecule has 1 aromatic heterocycles. The Morgan fingerprint density at radius 3 is 2.50 bits per heavy atom. The summed E-state index contributed by atoms with van der Waals surface area (Å²) in [6.07, 6.45) is 7.35. The molecule has 0 bridgehead atoms. The Kier molecular flexibility index (Phi) is 8.22. The summed E-state index contributed by atoms with van der Waals surface area (Å²) in [5, 5.41) is 5.22. The van der Waals surface area contributed by atoms with Crippen LogP contribution in [0, 0.1) is 3.57 Å². The van der Waals surface area contributed by atoms with Crippen LogP contribution in [0.2, 0.25) is 0 Å². The topological polar surface area (TPSA) is 56.5 Å². The van der Waals surface area contributed by atoms with Crippen LogP contribution >= 0.6 is 54.5 Å². The highest BCUT2D eigenvalue weighted by Gasteiger charge is 2.22. The van der Waals surface area contributed by atoms with E-state index >= 15 is 0 Å². The summed E-state index contributed by atoms with van der Waals surface area (Å²) in [7, 11) is 0. The molecule has 36 heavy (non-hydrogen) atoms. The van der Waals surface area contributed by atoms with Crippen LogP contribution in [0.4, 0.5) is 0 Å². The van der Waals surface area contributed by atoms with E-state index in [0.717, 1.165) is 66.4 Å². The summed E-state index contributed by atoms with van der Waals surface area (Å²) >= 11 is 9.21. The summed E-state index contributed by atoms with van der Waals surface area (Å²) in [4.78, 5) is 18.4. The molecule has 1 fully saturated rings. The van der Waals surface area contributed by atoms with Gasteiger partial charge in [0.15, 0.2) is 0 Å². The van der Waals surface area contributed by atoms with Gasteiger partial charge in [0, 0.05) is 14.9 Å². The minimum absolute atomic E-state index is 0.137. The Bertz CT molecular complexity index is 1480. The summed E-state index contributed by atoms with van der Waals surface area (Å²) in [5.74, 6) is 1.81. The molecule has 5 rings (SSSR count). The second-order valence-electron chi connectivity index (χ2n) is 8.93. The Morgan fingerprint density at radius 2 is 1.75 bits per heavy atom. The first-order valence-electron chi connectivity index (χ1n) is 11.9. The smallest absolute Gasteiger partial charge is 0.282 e. The first-order valence-corrected chi connectivity index (χ1v) is 14.6. The molecule has 1 saturated carbocycles. The van der Waals surface area contributed by atoms with E-state index in [1.54, 1.807) is 6.21 Å². The lowest BCUT2D eigenvalue weighted by Crippen LogP contribution is -2.25. The van der Waals surface area contributed by atoms with Crippen LogP contribution in [0.15, 0.2) is 79.5 Å². The van der Waals surface area contributed by atoms with E-state index in [4.69, 9.17) is 9.72 Å². The van der Waals surface area contributed by atoms with Crippen LogP contribution in [0.3, 0.4) is 0 Å². The van der Waals surface area contributed by atoms with Crippen molar-refractivity contribution in [3.8, 4) is 5.75 Å². The Balaban J connectivity index is 1.43. The van der Waals surface area contributed by atoms with Gasteiger partial charge < -0.3 is 4.74 Å². The number of fused-ring (bicyclic) bond motifs is 1. The third-order valence-corrected chi connectivity index (χ3v) is 8.25. The number of hydrogen-bond donors (Lipinski definition) is 0. The molecule has 4 aromatic rings. The maximum atomic E-state index is 13.5. The molecule has 0 unspecified atom stereocenters. The summed E-state index contributed by atoms with van der Waals surface area (Å²) in [6.45, 7) is 0.495. The van der Waals surface area contributed by atoms with E-state index in [0.29, 0.717) is 12.0 Å². The zero-order chi connectivity index (χ0) is 25.1. The zero-order valence-corrected chi connectivity index (χ0v) is 24.8. The van der Waals surface area contributed by atoms with Gasteiger partial charge in [-0.3, -0.25) is 4.79 Å². The third-order valence-electron chi connectivity index (χ3n) is 6.39. The van der Waals surface area contributed by atoms with Crippen molar-refractivity contribution in [1.82, 2.24) is 9.66 Å². The summed E-state index contributed by atoms with van der Waals surface area (Å²) in [5.41, 5.74) is 2.58. The number of nitrogens with zero attached hydrogens (tertiary/aromatic N) is 3. The lowest BCUT2D eigenvalue weighted by molar-refractivity contribution is 0.304. The predicted molar refractivity (Wildman–Crippen MR) is 160 cm³/mol. The maximum Gasteiger partial charge on any atom is 0.282 e. The van der Waals surface area contributed by atoms with Gasteiger partial charge in [0.05, 0.1) is 20.7 Å². The van der Waals surface area contributed by atoms with Gasteiger partial charge >= 0.3 is 0 Å². The quantitative estimate of drug-likeness (QED) is 0.150. The van der Waals surface area contributed by atoms with Gasteiger partial charge in [-0.1, -0.05) is 63.3 Å². The minimum Gasteiger partial charge on any atom is -0.488 e. The van der Waals surface area contributed by atoms with E-state index in [1.165, 1.54) is 11.1 Å². The standard InChI is InChI=1S/C28H24Br2IN3O2/c29-21-9-6-18(7-10-21)17-36-26-13-8-19(14-24(26)31)16-32-34-27(20-4-2-1-3-5-20)33-25-12-11-22(30)15-23(25)28(34)35/h6-16,20H,1-5,17H2. The molecular weight excluding hydrogens is 697 g/mol. The second kappa shape index (κ2) is 11.6. The molecule has 1 aliphatic rings. The highest BCUT2D eigenvalue weighted by Crippen LogP contribution is 2.32. The third kappa shape index (κ3) is 5.92. The number of rotatable bonds is 6. The van der Waals surface area contributed by atoms with Crippen LogP contribution in [0.25, 0.3) is 10.9 Å². The van der Waals surface area contributed by atoms with E-state index in [-0.39, 0.29) is 11.5 Å². The molecule has 1 heterocycles. The molecule has 184 valence electrons. The molecule has 8 heteroatoms. The van der Waals surface area contributed by atoms with Crippen LogP contribution in [-0.2, 0) is 6.61 Å². The Hall–Kier alpha value is -2.04. The molecule has 3 aromatic carbocycles. The van der Waals surface area contributed by atoms with E-state index < -0.39 is 0 Å². The van der Waals surface area contributed by atoms with Crippen molar-refractivity contribution >= 4 is 71.6 Å². The molecule has 0 amide bonds. The average molecular weight is 721 g/mol. The Labute approximate surface area is 240 Å². The molecule has 0 atom stereocenters. The second-order valence-corrected chi connectivity index (χ2v) is 11.9. The average Bonchev–Trinajstić information content (AvgIpc) is 2.89. The fourth-order valence-electron chi connectivity index (χ4n) is 4.48. The van der Waals surface area contributed by atoms with Gasteiger partial charge in [-0.15, -0.1) is 0 Å². The molecule has 0 N–H and O–H groups in total. The maximum absolute atomic E-state index is 13.5. The lowest BCUT2D eigenvalue weighted by atomic mass is 9.88. The van der Waals surface area contributed by atoms with E-state index in [2.05, 4.69) is 59.6 Å². The van der Waals surface area contributed by atoms with Gasteiger partial charge in [-0.25, -0.2) is 4.98 Å². The zero-order valence-electron chi connectivity index (χ0n) is 19.5. The molecule has 0 aliphatic heterocycles. The number of hydrogen-bond acceptors (Lipinski definition) is 4. The van der Waals surface area contributed by atoms with Crippen molar-refractivity contribution in [1.29, 1.82) is 0 Å². The number of aromatic nitrogens is 2. The SMILES string of the molecule is O=c1c2cc(Br)ccc2nc(C2CCCCC2)n1N=Cc1ccc(OCc2ccc(Br)cc2)c(I)c1. The highest BCUT2D eigenvalue weighted by molar-refractivity contribution is 14.1. The number of halogens is 3.